The molecule has 1 saturated carbocycles. The second-order valence-corrected chi connectivity index (χ2v) is 8.55. The molecule has 1 saturated heterocycles. The second-order valence-electron chi connectivity index (χ2n) is 8.55. The van der Waals surface area contributed by atoms with E-state index >= 15 is 0 Å². The van der Waals surface area contributed by atoms with Gasteiger partial charge in [0.25, 0.3) is 0 Å². The number of aromatic nitrogens is 2. The minimum absolute atomic E-state index is 0.194. The number of hydrogen-bond acceptors (Lipinski definition) is 7. The molecule has 174 valence electrons. The molecule has 1 aliphatic heterocycles. The molecular weight excluding hydrogens is 424 g/mol. The molecule has 1 aromatic heterocycles. The number of ether oxygens (including phenoxy) is 1. The van der Waals surface area contributed by atoms with Crippen LogP contribution in [0, 0.1) is 23.7 Å². The van der Waals surface area contributed by atoms with E-state index in [1.165, 1.54) is 0 Å². The van der Waals surface area contributed by atoms with Crippen LogP contribution in [-0.4, -0.2) is 78.0 Å². The molecule has 2 aromatic rings. The van der Waals surface area contributed by atoms with Crippen LogP contribution in [0.4, 0.5) is 0 Å². The van der Waals surface area contributed by atoms with E-state index in [0.29, 0.717) is 11.1 Å². The Labute approximate surface area is 192 Å². The molecule has 5 N–H and O–H groups in total. The molecule has 8 heteroatoms. The lowest BCUT2D eigenvalue weighted by Crippen LogP contribution is -2.65. The van der Waals surface area contributed by atoms with Crippen LogP contribution >= 0.6 is 0 Å². The van der Waals surface area contributed by atoms with Crippen molar-refractivity contribution in [2.24, 2.45) is 0 Å². The van der Waals surface area contributed by atoms with Crippen LogP contribution in [-0.2, 0) is 4.74 Å². The summed E-state index contributed by atoms with van der Waals surface area (Å²) in [6.45, 7) is -0.552. The van der Waals surface area contributed by atoms with Crippen molar-refractivity contribution in [3.8, 4) is 23.7 Å². The van der Waals surface area contributed by atoms with Gasteiger partial charge in [-0.1, -0.05) is 41.9 Å². The summed E-state index contributed by atoms with van der Waals surface area (Å²) in [5.74, 6) is 11.1. The maximum atomic E-state index is 11.2. The number of nitrogens with zero attached hydrogens (tertiary/aromatic N) is 2. The standard InChI is InChI=1S/C25H28N2O6/c28-16-21-23(30)24(31)25(32,13-12-17-4-2-1-3-5-17)22(33-21)11-6-18-14-26-27(15-18)19-7-9-20(29)10-8-19/h1-5,14-15,19-24,28-32H,7-10,16H2/t19?,20?,21-,22-,23-,24+,25-/m1/s1. The molecule has 1 aliphatic carbocycles. The van der Waals surface area contributed by atoms with Crippen molar-refractivity contribution in [2.45, 2.75) is 67.8 Å². The first-order valence-electron chi connectivity index (χ1n) is 11.1. The SMILES string of the molecule is OC[C@H]1O[C@H](C#Cc2cnn(C3CCC(O)CC3)c2)[C@](O)(C#Cc2ccccc2)[C@@H](O)[C@@H]1O. The summed E-state index contributed by atoms with van der Waals surface area (Å²) in [5, 5.41) is 55.8. The van der Waals surface area contributed by atoms with E-state index in [1.807, 2.05) is 10.7 Å². The predicted octanol–water partition coefficient (Wildman–Crippen LogP) is -0.0251. The fourth-order valence-corrected chi connectivity index (χ4v) is 4.18. The molecule has 2 fully saturated rings. The Morgan fingerprint density at radius 3 is 2.45 bits per heavy atom. The van der Waals surface area contributed by atoms with Crippen LogP contribution in [0.3, 0.4) is 0 Å². The van der Waals surface area contributed by atoms with Crippen LogP contribution in [0.2, 0.25) is 0 Å². The third-order valence-electron chi connectivity index (χ3n) is 6.22. The van der Waals surface area contributed by atoms with Crippen LogP contribution < -0.4 is 0 Å². The lowest BCUT2D eigenvalue weighted by atomic mass is 9.82. The Balaban J connectivity index is 1.59. The Hall–Kier alpha value is -2.69. The van der Waals surface area contributed by atoms with Gasteiger partial charge in [-0.3, -0.25) is 4.68 Å². The van der Waals surface area contributed by atoms with Crippen molar-refractivity contribution < 1.29 is 30.3 Å². The van der Waals surface area contributed by atoms with Crippen LogP contribution in [0.25, 0.3) is 0 Å². The largest absolute Gasteiger partial charge is 0.394 e. The van der Waals surface area contributed by atoms with Gasteiger partial charge >= 0.3 is 0 Å². The monoisotopic (exact) mass is 452 g/mol. The van der Waals surface area contributed by atoms with E-state index in [2.05, 4.69) is 28.8 Å². The number of benzene rings is 1. The minimum Gasteiger partial charge on any atom is -0.394 e. The molecule has 33 heavy (non-hydrogen) atoms. The van der Waals surface area contributed by atoms with Crippen molar-refractivity contribution in [1.82, 2.24) is 9.78 Å². The molecule has 5 atom stereocenters. The predicted molar refractivity (Wildman–Crippen MR) is 119 cm³/mol. The topological polar surface area (TPSA) is 128 Å². The highest BCUT2D eigenvalue weighted by Gasteiger charge is 2.53. The van der Waals surface area contributed by atoms with Gasteiger partial charge < -0.3 is 30.3 Å². The number of hydrogen-bond donors (Lipinski definition) is 5. The first kappa shape index (κ1) is 23.5. The highest BCUT2D eigenvalue weighted by Crippen LogP contribution is 2.30. The Morgan fingerprint density at radius 2 is 1.76 bits per heavy atom. The van der Waals surface area contributed by atoms with Crippen LogP contribution in [0.5, 0.6) is 0 Å². The highest BCUT2D eigenvalue weighted by atomic mass is 16.5. The molecule has 4 rings (SSSR count). The van der Waals surface area contributed by atoms with Crippen molar-refractivity contribution in [3.05, 3.63) is 53.9 Å². The van der Waals surface area contributed by atoms with E-state index in [0.717, 1.165) is 25.7 Å². The van der Waals surface area contributed by atoms with E-state index in [9.17, 15) is 25.5 Å². The Bertz CT molecular complexity index is 1060. The van der Waals surface area contributed by atoms with Gasteiger partial charge in [-0.05, 0) is 37.8 Å². The summed E-state index contributed by atoms with van der Waals surface area (Å²) in [4.78, 5) is 0. The molecule has 0 radical (unpaired) electrons. The Morgan fingerprint density at radius 1 is 1.03 bits per heavy atom. The summed E-state index contributed by atoms with van der Waals surface area (Å²) in [6.07, 6.45) is 0.642. The first-order chi connectivity index (χ1) is 15.9. The maximum Gasteiger partial charge on any atom is 0.191 e. The maximum absolute atomic E-state index is 11.2. The van der Waals surface area contributed by atoms with Gasteiger partial charge in [0.05, 0.1) is 30.5 Å². The van der Waals surface area contributed by atoms with E-state index in [4.69, 9.17) is 4.74 Å². The fraction of sp³-hybridized carbons (Fsp3) is 0.480. The number of aliphatic hydroxyl groups excluding tert-OH is 4. The van der Waals surface area contributed by atoms with E-state index < -0.39 is 36.6 Å². The van der Waals surface area contributed by atoms with E-state index in [1.54, 1.807) is 36.7 Å². The summed E-state index contributed by atoms with van der Waals surface area (Å²) in [7, 11) is 0. The summed E-state index contributed by atoms with van der Waals surface area (Å²) in [5.41, 5.74) is -0.976. The van der Waals surface area contributed by atoms with Gasteiger partial charge in [0.1, 0.15) is 18.3 Å². The van der Waals surface area contributed by atoms with Gasteiger partial charge in [0.15, 0.2) is 11.7 Å². The van der Waals surface area contributed by atoms with Crippen molar-refractivity contribution in [2.75, 3.05) is 6.61 Å². The van der Waals surface area contributed by atoms with Crippen molar-refractivity contribution >= 4 is 0 Å². The zero-order valence-electron chi connectivity index (χ0n) is 18.1. The molecule has 2 aliphatic rings. The molecule has 0 spiro atoms. The van der Waals surface area contributed by atoms with Gasteiger partial charge in [-0.15, -0.1) is 0 Å². The number of rotatable bonds is 2. The summed E-state index contributed by atoms with van der Waals surface area (Å²) < 4.78 is 7.47. The minimum atomic E-state index is -2.18. The quantitative estimate of drug-likeness (QED) is 0.405. The first-order valence-corrected chi connectivity index (χ1v) is 11.1. The molecule has 0 amide bonds. The Kier molecular flexibility index (Phi) is 7.16. The fourth-order valence-electron chi connectivity index (χ4n) is 4.18. The smallest absolute Gasteiger partial charge is 0.191 e. The van der Waals surface area contributed by atoms with Crippen LogP contribution in [0.15, 0.2) is 42.7 Å². The summed E-state index contributed by atoms with van der Waals surface area (Å²) in [6, 6.07) is 9.11. The third kappa shape index (κ3) is 5.13. The molecule has 2 heterocycles. The van der Waals surface area contributed by atoms with Crippen molar-refractivity contribution in [1.29, 1.82) is 0 Å². The molecular formula is C25H28N2O6. The average molecular weight is 453 g/mol. The normalized spacial score (nSPS) is 34.0. The van der Waals surface area contributed by atoms with Crippen molar-refractivity contribution in [3.63, 3.8) is 0 Å². The molecule has 1 aromatic carbocycles. The van der Waals surface area contributed by atoms with Gasteiger partial charge in [-0.25, -0.2) is 0 Å². The van der Waals surface area contributed by atoms with Gasteiger partial charge in [-0.2, -0.15) is 5.10 Å². The second kappa shape index (κ2) is 10.1. The summed E-state index contributed by atoms with van der Waals surface area (Å²) >= 11 is 0. The zero-order chi connectivity index (χ0) is 23.4. The van der Waals surface area contributed by atoms with Gasteiger partial charge in [0.2, 0.25) is 0 Å². The number of aliphatic hydroxyl groups is 5. The lowest BCUT2D eigenvalue weighted by molar-refractivity contribution is -0.239. The molecule has 0 unspecified atom stereocenters. The average Bonchev–Trinajstić information content (AvgIpc) is 3.31. The van der Waals surface area contributed by atoms with Crippen LogP contribution in [0.1, 0.15) is 42.9 Å². The van der Waals surface area contributed by atoms with E-state index in [-0.39, 0.29) is 12.1 Å². The highest BCUT2D eigenvalue weighted by molar-refractivity contribution is 5.41. The third-order valence-corrected chi connectivity index (χ3v) is 6.22. The van der Waals surface area contributed by atoms with Gasteiger partial charge in [0, 0.05) is 11.8 Å². The lowest BCUT2D eigenvalue weighted by Gasteiger charge is -2.43. The zero-order valence-corrected chi connectivity index (χ0v) is 18.1. The molecule has 8 nitrogen and oxygen atoms in total. The molecule has 0 bridgehead atoms.